The Morgan fingerprint density at radius 2 is 2.15 bits per heavy atom. The van der Waals surface area contributed by atoms with Crippen LogP contribution in [0.25, 0.3) is 11.4 Å². The Kier molecular flexibility index (Phi) is 6.22. The zero-order chi connectivity index (χ0) is 19.1. The lowest BCUT2D eigenvalue weighted by molar-refractivity contribution is -0.113. The number of nitrogens with zero attached hydrogens (tertiary/aromatic N) is 4. The molecular formula is C19H19N5O2S. The van der Waals surface area contributed by atoms with Gasteiger partial charge in [0.2, 0.25) is 5.91 Å². The van der Waals surface area contributed by atoms with Crippen LogP contribution in [0.15, 0.2) is 66.6 Å². The molecule has 138 valence electrons. The van der Waals surface area contributed by atoms with Crippen LogP contribution in [-0.2, 0) is 11.3 Å². The summed E-state index contributed by atoms with van der Waals surface area (Å²) in [5.74, 6) is 1.35. The Hall–Kier alpha value is -3.13. The van der Waals surface area contributed by atoms with Crippen molar-refractivity contribution >= 4 is 23.4 Å². The van der Waals surface area contributed by atoms with Crippen molar-refractivity contribution < 1.29 is 9.53 Å². The van der Waals surface area contributed by atoms with Gasteiger partial charge in [-0.05, 0) is 24.3 Å². The fourth-order valence-electron chi connectivity index (χ4n) is 2.46. The maximum Gasteiger partial charge on any atom is 0.234 e. The molecule has 0 saturated carbocycles. The summed E-state index contributed by atoms with van der Waals surface area (Å²) in [6, 6.07) is 11.0. The molecule has 0 unspecified atom stereocenters. The monoisotopic (exact) mass is 381 g/mol. The Morgan fingerprint density at radius 1 is 1.30 bits per heavy atom. The maximum absolute atomic E-state index is 12.3. The van der Waals surface area contributed by atoms with Crippen LogP contribution in [0.3, 0.4) is 0 Å². The molecule has 0 aliphatic heterocycles. The highest BCUT2D eigenvalue weighted by molar-refractivity contribution is 7.99. The first kappa shape index (κ1) is 18.7. The SMILES string of the molecule is C=CCn1c(SCC(=O)Nc2ccccc2OC)nnc1-c1cccnc1. The average molecular weight is 381 g/mol. The standard InChI is InChI=1S/C19H19N5O2S/c1-3-11-24-18(14-7-6-10-20-12-14)22-23-19(24)27-13-17(25)21-15-8-4-5-9-16(15)26-2/h3-10,12H,1,11,13H2,2H3,(H,21,25). The molecule has 1 amide bonds. The third-order valence-corrected chi connectivity index (χ3v) is 4.63. The third-order valence-electron chi connectivity index (χ3n) is 3.66. The van der Waals surface area contributed by atoms with Crippen LogP contribution in [0.5, 0.6) is 5.75 Å². The van der Waals surface area contributed by atoms with E-state index < -0.39 is 0 Å². The van der Waals surface area contributed by atoms with E-state index in [2.05, 4.69) is 27.1 Å². The lowest BCUT2D eigenvalue weighted by atomic mass is 10.3. The number of hydrogen-bond donors (Lipinski definition) is 1. The van der Waals surface area contributed by atoms with E-state index in [0.717, 1.165) is 5.56 Å². The van der Waals surface area contributed by atoms with Crippen molar-refractivity contribution in [2.45, 2.75) is 11.7 Å². The molecule has 0 spiro atoms. The van der Waals surface area contributed by atoms with Crippen molar-refractivity contribution in [3.05, 3.63) is 61.4 Å². The molecule has 1 aromatic carbocycles. The molecule has 0 radical (unpaired) electrons. The summed E-state index contributed by atoms with van der Waals surface area (Å²) in [7, 11) is 1.57. The number of para-hydroxylation sites is 2. The molecule has 27 heavy (non-hydrogen) atoms. The van der Waals surface area contributed by atoms with Crippen LogP contribution in [0.4, 0.5) is 5.69 Å². The molecule has 0 aliphatic carbocycles. The van der Waals surface area contributed by atoms with Gasteiger partial charge in [0.1, 0.15) is 5.75 Å². The Balaban J connectivity index is 1.71. The molecule has 3 aromatic rings. The highest BCUT2D eigenvalue weighted by atomic mass is 32.2. The van der Waals surface area contributed by atoms with Crippen LogP contribution in [0.2, 0.25) is 0 Å². The fraction of sp³-hybridized carbons (Fsp3) is 0.158. The van der Waals surface area contributed by atoms with Gasteiger partial charge in [0.15, 0.2) is 11.0 Å². The molecular weight excluding hydrogens is 362 g/mol. The molecule has 7 nitrogen and oxygen atoms in total. The summed E-state index contributed by atoms with van der Waals surface area (Å²) >= 11 is 1.31. The lowest BCUT2D eigenvalue weighted by Gasteiger charge is -2.10. The number of nitrogens with one attached hydrogen (secondary N) is 1. The average Bonchev–Trinajstić information content (AvgIpc) is 3.10. The molecule has 0 saturated heterocycles. The highest BCUT2D eigenvalue weighted by Gasteiger charge is 2.15. The van der Waals surface area contributed by atoms with Gasteiger partial charge in [0.05, 0.1) is 18.6 Å². The summed E-state index contributed by atoms with van der Waals surface area (Å²) in [5.41, 5.74) is 1.49. The summed E-state index contributed by atoms with van der Waals surface area (Å²) in [5, 5.41) is 12.0. The van der Waals surface area contributed by atoms with Gasteiger partial charge in [0, 0.05) is 24.5 Å². The Labute approximate surface area is 161 Å². The van der Waals surface area contributed by atoms with Gasteiger partial charge in [0.25, 0.3) is 0 Å². The van der Waals surface area contributed by atoms with Crippen molar-refractivity contribution in [1.82, 2.24) is 19.7 Å². The topological polar surface area (TPSA) is 81.9 Å². The van der Waals surface area contributed by atoms with Gasteiger partial charge < -0.3 is 10.1 Å². The predicted octanol–water partition coefficient (Wildman–Crippen LogP) is 3.27. The second-order valence-electron chi connectivity index (χ2n) is 5.48. The van der Waals surface area contributed by atoms with E-state index in [1.54, 1.807) is 37.7 Å². The Bertz CT molecular complexity index is 927. The van der Waals surface area contributed by atoms with Gasteiger partial charge in [-0.3, -0.25) is 14.3 Å². The van der Waals surface area contributed by atoms with Gasteiger partial charge >= 0.3 is 0 Å². The number of pyridine rings is 1. The Morgan fingerprint density at radius 3 is 2.89 bits per heavy atom. The van der Waals surface area contributed by atoms with Crippen molar-refractivity contribution in [3.63, 3.8) is 0 Å². The number of thioether (sulfide) groups is 1. The number of anilines is 1. The van der Waals surface area contributed by atoms with Gasteiger partial charge in [-0.1, -0.05) is 30.0 Å². The molecule has 2 heterocycles. The lowest BCUT2D eigenvalue weighted by Crippen LogP contribution is -2.15. The quantitative estimate of drug-likeness (QED) is 0.476. The highest BCUT2D eigenvalue weighted by Crippen LogP contribution is 2.25. The molecule has 8 heteroatoms. The number of carbonyl (C=O) groups excluding carboxylic acids is 1. The molecule has 0 bridgehead atoms. The van der Waals surface area contributed by atoms with Crippen LogP contribution >= 0.6 is 11.8 Å². The number of rotatable bonds is 8. The van der Waals surface area contributed by atoms with E-state index in [-0.39, 0.29) is 11.7 Å². The van der Waals surface area contributed by atoms with Crippen molar-refractivity contribution in [2.24, 2.45) is 0 Å². The van der Waals surface area contributed by atoms with Crippen molar-refractivity contribution in [2.75, 3.05) is 18.2 Å². The van der Waals surface area contributed by atoms with E-state index in [0.29, 0.717) is 29.0 Å². The third kappa shape index (κ3) is 4.53. The molecule has 2 aromatic heterocycles. The van der Waals surface area contributed by atoms with E-state index in [1.807, 2.05) is 28.8 Å². The molecule has 3 rings (SSSR count). The maximum atomic E-state index is 12.3. The number of hydrogen-bond acceptors (Lipinski definition) is 6. The number of aromatic nitrogens is 4. The number of carbonyl (C=O) groups is 1. The minimum absolute atomic E-state index is 0.152. The normalized spacial score (nSPS) is 10.4. The van der Waals surface area contributed by atoms with Gasteiger partial charge in [-0.2, -0.15) is 0 Å². The van der Waals surface area contributed by atoms with E-state index >= 15 is 0 Å². The minimum Gasteiger partial charge on any atom is -0.495 e. The second-order valence-corrected chi connectivity index (χ2v) is 6.43. The number of allylic oxidation sites excluding steroid dienone is 1. The number of amides is 1. The van der Waals surface area contributed by atoms with E-state index in [1.165, 1.54) is 11.8 Å². The fourth-order valence-corrected chi connectivity index (χ4v) is 3.21. The van der Waals surface area contributed by atoms with Gasteiger partial charge in [-0.15, -0.1) is 16.8 Å². The largest absolute Gasteiger partial charge is 0.495 e. The summed E-state index contributed by atoms with van der Waals surface area (Å²) < 4.78 is 7.16. The zero-order valence-corrected chi connectivity index (χ0v) is 15.6. The first-order chi connectivity index (χ1) is 13.2. The summed E-state index contributed by atoms with van der Waals surface area (Å²) in [6.45, 7) is 4.32. The van der Waals surface area contributed by atoms with Crippen LogP contribution in [0, 0.1) is 0 Å². The second kappa shape index (κ2) is 9.00. The number of benzene rings is 1. The van der Waals surface area contributed by atoms with Crippen molar-refractivity contribution in [3.8, 4) is 17.1 Å². The van der Waals surface area contributed by atoms with Crippen LogP contribution < -0.4 is 10.1 Å². The van der Waals surface area contributed by atoms with E-state index in [4.69, 9.17) is 4.74 Å². The molecule has 0 fully saturated rings. The molecule has 0 aliphatic rings. The van der Waals surface area contributed by atoms with Crippen LogP contribution in [-0.4, -0.2) is 38.5 Å². The van der Waals surface area contributed by atoms with Gasteiger partial charge in [-0.25, -0.2) is 0 Å². The van der Waals surface area contributed by atoms with Crippen molar-refractivity contribution in [1.29, 1.82) is 0 Å². The first-order valence-corrected chi connectivity index (χ1v) is 9.21. The summed E-state index contributed by atoms with van der Waals surface area (Å²) in [4.78, 5) is 16.4. The number of ether oxygens (including phenoxy) is 1. The first-order valence-electron chi connectivity index (χ1n) is 8.23. The number of methoxy groups -OCH3 is 1. The smallest absolute Gasteiger partial charge is 0.234 e. The van der Waals surface area contributed by atoms with E-state index in [9.17, 15) is 4.79 Å². The molecule has 1 N–H and O–H groups in total. The minimum atomic E-state index is -0.152. The van der Waals surface area contributed by atoms with Crippen LogP contribution in [0.1, 0.15) is 0 Å². The molecule has 0 atom stereocenters. The predicted molar refractivity (Wildman–Crippen MR) is 106 cm³/mol. The summed E-state index contributed by atoms with van der Waals surface area (Å²) in [6.07, 6.45) is 5.20. The zero-order valence-electron chi connectivity index (χ0n) is 14.8.